The molecule has 0 bridgehead atoms. The van der Waals surface area contributed by atoms with E-state index in [2.05, 4.69) is 66.2 Å². The zero-order valence-electron chi connectivity index (χ0n) is 14.8. The first-order chi connectivity index (χ1) is 12.0. The molecule has 0 saturated heterocycles. The van der Waals surface area contributed by atoms with Crippen molar-refractivity contribution in [2.24, 2.45) is 5.10 Å². The molecular formula is C21H22ClN3. The van der Waals surface area contributed by atoms with Crippen LogP contribution in [0.3, 0.4) is 0 Å². The summed E-state index contributed by atoms with van der Waals surface area (Å²) in [7, 11) is 0. The molecule has 0 aliphatic heterocycles. The van der Waals surface area contributed by atoms with E-state index >= 15 is 0 Å². The number of aromatic nitrogens is 1. The van der Waals surface area contributed by atoms with Crippen molar-refractivity contribution in [1.82, 2.24) is 9.99 Å². The Bertz CT molecular complexity index is 875. The maximum absolute atomic E-state index is 5.89. The topological polar surface area (TPSA) is 29.3 Å². The van der Waals surface area contributed by atoms with Crippen LogP contribution in [0.5, 0.6) is 0 Å². The van der Waals surface area contributed by atoms with Gasteiger partial charge in [0.05, 0.1) is 12.8 Å². The number of hydrazone groups is 1. The Labute approximate surface area is 154 Å². The molecule has 2 aromatic carbocycles. The van der Waals surface area contributed by atoms with Crippen molar-refractivity contribution >= 4 is 17.8 Å². The van der Waals surface area contributed by atoms with E-state index in [-0.39, 0.29) is 0 Å². The molecule has 0 aliphatic carbocycles. The third kappa shape index (κ3) is 4.12. The van der Waals surface area contributed by atoms with E-state index < -0.39 is 0 Å². The van der Waals surface area contributed by atoms with Crippen LogP contribution in [0.1, 0.15) is 28.1 Å². The summed E-state index contributed by atoms with van der Waals surface area (Å²) in [6.45, 7) is 7.01. The third-order valence-corrected chi connectivity index (χ3v) is 4.51. The molecule has 3 nitrogen and oxygen atoms in total. The van der Waals surface area contributed by atoms with Gasteiger partial charge in [0.25, 0.3) is 0 Å². The van der Waals surface area contributed by atoms with Crippen LogP contribution >= 0.6 is 11.6 Å². The van der Waals surface area contributed by atoms with Crippen LogP contribution in [0.2, 0.25) is 5.02 Å². The van der Waals surface area contributed by atoms with Gasteiger partial charge < -0.3 is 9.99 Å². The van der Waals surface area contributed by atoms with Crippen LogP contribution in [0.25, 0.3) is 5.69 Å². The van der Waals surface area contributed by atoms with Gasteiger partial charge in [-0.1, -0.05) is 41.4 Å². The average Bonchev–Trinajstić information content (AvgIpc) is 2.88. The molecule has 0 amide bonds. The lowest BCUT2D eigenvalue weighted by molar-refractivity contribution is 0.748. The number of nitrogens with zero attached hydrogens (tertiary/aromatic N) is 2. The normalized spacial score (nSPS) is 11.2. The lowest BCUT2D eigenvalue weighted by atomic mass is 10.2. The molecule has 3 rings (SSSR count). The molecule has 128 valence electrons. The number of hydrogen-bond donors (Lipinski definition) is 1. The first-order valence-electron chi connectivity index (χ1n) is 8.31. The zero-order valence-corrected chi connectivity index (χ0v) is 15.5. The average molecular weight is 352 g/mol. The molecule has 1 heterocycles. The van der Waals surface area contributed by atoms with Gasteiger partial charge >= 0.3 is 0 Å². The van der Waals surface area contributed by atoms with Crippen molar-refractivity contribution in [3.63, 3.8) is 0 Å². The van der Waals surface area contributed by atoms with Crippen LogP contribution in [0.15, 0.2) is 59.7 Å². The van der Waals surface area contributed by atoms with Gasteiger partial charge in [-0.3, -0.25) is 0 Å². The Hall–Kier alpha value is -2.52. The fourth-order valence-electron chi connectivity index (χ4n) is 2.86. The second-order valence-electron chi connectivity index (χ2n) is 6.22. The SMILES string of the molecule is Cc1ccc(-n2c(C)cc(/C=N\NCc3ccc(Cl)cc3)c2C)cc1. The summed E-state index contributed by atoms with van der Waals surface area (Å²) in [5, 5.41) is 5.11. The van der Waals surface area contributed by atoms with Gasteiger partial charge in [-0.15, -0.1) is 0 Å². The zero-order chi connectivity index (χ0) is 17.8. The summed E-state index contributed by atoms with van der Waals surface area (Å²) >= 11 is 5.89. The molecule has 0 atom stereocenters. The van der Waals surface area contributed by atoms with E-state index in [1.54, 1.807) is 0 Å². The standard InChI is InChI=1S/C21H22ClN3/c1-15-4-10-21(11-5-15)25-16(2)12-19(17(25)3)14-24-23-13-18-6-8-20(22)9-7-18/h4-12,14,23H,13H2,1-3H3/b24-14-. The van der Waals surface area contributed by atoms with Gasteiger partial charge in [0.2, 0.25) is 0 Å². The van der Waals surface area contributed by atoms with Crippen LogP contribution in [-0.2, 0) is 6.54 Å². The van der Waals surface area contributed by atoms with E-state index in [0.717, 1.165) is 16.1 Å². The highest BCUT2D eigenvalue weighted by molar-refractivity contribution is 6.30. The van der Waals surface area contributed by atoms with Gasteiger partial charge in [-0.05, 0) is 56.7 Å². The molecule has 25 heavy (non-hydrogen) atoms. The summed E-state index contributed by atoms with van der Waals surface area (Å²) in [6.07, 6.45) is 1.88. The number of aryl methyl sites for hydroxylation is 2. The maximum atomic E-state index is 5.89. The lowest BCUT2D eigenvalue weighted by Crippen LogP contribution is -2.05. The quantitative estimate of drug-likeness (QED) is 0.498. The molecule has 1 N–H and O–H groups in total. The Kier molecular flexibility index (Phi) is 5.25. The largest absolute Gasteiger partial charge is 0.318 e. The van der Waals surface area contributed by atoms with Gasteiger partial charge in [0, 0.05) is 27.7 Å². The first kappa shape index (κ1) is 17.3. The second-order valence-corrected chi connectivity index (χ2v) is 6.65. The number of benzene rings is 2. The fourth-order valence-corrected chi connectivity index (χ4v) is 2.99. The van der Waals surface area contributed by atoms with Crippen molar-refractivity contribution in [1.29, 1.82) is 0 Å². The highest BCUT2D eigenvalue weighted by Gasteiger charge is 2.09. The van der Waals surface area contributed by atoms with Gasteiger partial charge in [0.15, 0.2) is 0 Å². The molecular weight excluding hydrogens is 330 g/mol. The van der Waals surface area contributed by atoms with Gasteiger partial charge in [-0.2, -0.15) is 5.10 Å². The van der Waals surface area contributed by atoms with E-state index in [9.17, 15) is 0 Å². The lowest BCUT2D eigenvalue weighted by Gasteiger charge is -2.09. The minimum Gasteiger partial charge on any atom is -0.318 e. The second kappa shape index (κ2) is 7.58. The molecule has 4 heteroatoms. The first-order valence-corrected chi connectivity index (χ1v) is 8.69. The molecule has 0 saturated carbocycles. The molecule has 1 aromatic heterocycles. The molecule has 0 unspecified atom stereocenters. The van der Waals surface area contributed by atoms with Crippen LogP contribution in [-0.4, -0.2) is 10.8 Å². The predicted molar refractivity (Wildman–Crippen MR) is 106 cm³/mol. The number of hydrogen-bond acceptors (Lipinski definition) is 2. The molecule has 0 fully saturated rings. The van der Waals surface area contributed by atoms with E-state index in [4.69, 9.17) is 11.6 Å². The fraction of sp³-hybridized carbons (Fsp3) is 0.190. The highest BCUT2D eigenvalue weighted by Crippen LogP contribution is 2.20. The van der Waals surface area contributed by atoms with Crippen molar-refractivity contribution in [2.75, 3.05) is 0 Å². The minimum absolute atomic E-state index is 0.671. The Morgan fingerprint density at radius 1 is 1.00 bits per heavy atom. The minimum atomic E-state index is 0.671. The van der Waals surface area contributed by atoms with Crippen LogP contribution in [0.4, 0.5) is 0 Å². The van der Waals surface area contributed by atoms with Gasteiger partial charge in [-0.25, -0.2) is 0 Å². The van der Waals surface area contributed by atoms with E-state index in [1.807, 2.05) is 30.5 Å². The van der Waals surface area contributed by atoms with E-state index in [1.165, 1.54) is 22.6 Å². The summed E-state index contributed by atoms with van der Waals surface area (Å²) in [4.78, 5) is 0. The molecule has 3 aromatic rings. The van der Waals surface area contributed by atoms with Crippen molar-refractivity contribution in [3.8, 4) is 5.69 Å². The molecule has 0 spiro atoms. The predicted octanol–water partition coefficient (Wildman–Crippen LogP) is 5.18. The Morgan fingerprint density at radius 3 is 2.36 bits per heavy atom. The van der Waals surface area contributed by atoms with Gasteiger partial charge in [0.1, 0.15) is 0 Å². The van der Waals surface area contributed by atoms with Crippen LogP contribution < -0.4 is 5.43 Å². The van der Waals surface area contributed by atoms with E-state index in [0.29, 0.717) is 6.54 Å². The van der Waals surface area contributed by atoms with Crippen molar-refractivity contribution in [2.45, 2.75) is 27.3 Å². The monoisotopic (exact) mass is 351 g/mol. The summed E-state index contributed by atoms with van der Waals surface area (Å²) in [5.41, 5.74) is 10.2. The van der Waals surface area contributed by atoms with Crippen molar-refractivity contribution < 1.29 is 0 Å². The summed E-state index contributed by atoms with van der Waals surface area (Å²) in [6, 6.07) is 18.5. The smallest absolute Gasteiger partial charge is 0.0580 e. The Morgan fingerprint density at radius 2 is 1.68 bits per heavy atom. The summed E-state index contributed by atoms with van der Waals surface area (Å²) < 4.78 is 2.25. The van der Waals surface area contributed by atoms with Crippen LogP contribution in [0, 0.1) is 20.8 Å². The summed E-state index contributed by atoms with van der Waals surface area (Å²) in [5.74, 6) is 0. The Balaban J connectivity index is 1.71. The van der Waals surface area contributed by atoms with Crippen molar-refractivity contribution in [3.05, 3.63) is 87.7 Å². The number of nitrogens with one attached hydrogen (secondary N) is 1. The highest BCUT2D eigenvalue weighted by atomic mass is 35.5. The maximum Gasteiger partial charge on any atom is 0.0580 e. The third-order valence-electron chi connectivity index (χ3n) is 4.25. The molecule has 0 radical (unpaired) electrons. The molecule has 0 aliphatic rings. The number of halogens is 1. The number of rotatable bonds is 5.